The summed E-state index contributed by atoms with van der Waals surface area (Å²) < 4.78 is 5.05. The highest BCUT2D eigenvalue weighted by atomic mass is 16.6. The molecule has 2 N–H and O–H groups in total. The average Bonchev–Trinajstić information content (AvgIpc) is 2.35. The maximum atomic E-state index is 10.7. The number of carbonyl (C=O) groups is 1. The maximum absolute atomic E-state index is 10.7. The molecule has 0 aliphatic rings. The van der Waals surface area contributed by atoms with Crippen molar-refractivity contribution in [3.05, 3.63) is 33.9 Å². The number of nitrogens with zero attached hydrogens (tertiary/aromatic N) is 1. The second-order valence-electron chi connectivity index (χ2n) is 3.24. The van der Waals surface area contributed by atoms with Crippen LogP contribution in [0.25, 0.3) is 0 Å². The molecule has 0 aliphatic carbocycles. The molecule has 0 spiro atoms. The van der Waals surface area contributed by atoms with Crippen molar-refractivity contribution >= 4 is 12.0 Å². The number of aldehydes is 1. The lowest BCUT2D eigenvalue weighted by molar-refractivity contribution is -0.384. The van der Waals surface area contributed by atoms with E-state index in [1.165, 1.54) is 12.1 Å². The molecule has 0 aliphatic heterocycles. The summed E-state index contributed by atoms with van der Waals surface area (Å²) in [7, 11) is 0. The van der Waals surface area contributed by atoms with Crippen LogP contribution in [0.1, 0.15) is 10.4 Å². The van der Waals surface area contributed by atoms with E-state index in [0.29, 0.717) is 6.29 Å². The van der Waals surface area contributed by atoms with Crippen molar-refractivity contribution in [1.82, 2.24) is 0 Å². The predicted molar refractivity (Wildman–Crippen MR) is 57.1 cm³/mol. The van der Waals surface area contributed by atoms with Crippen LogP contribution < -0.4 is 4.74 Å². The van der Waals surface area contributed by atoms with Gasteiger partial charge in [-0.2, -0.15) is 0 Å². The molecule has 7 nitrogen and oxygen atoms in total. The van der Waals surface area contributed by atoms with Crippen LogP contribution in [0.5, 0.6) is 5.75 Å². The number of aliphatic hydroxyl groups excluding tert-OH is 2. The molecule has 17 heavy (non-hydrogen) atoms. The summed E-state index contributed by atoms with van der Waals surface area (Å²) in [4.78, 5) is 20.5. The Bertz CT molecular complexity index is 419. The second kappa shape index (κ2) is 5.92. The first-order chi connectivity index (χ1) is 8.08. The molecule has 1 aromatic carbocycles. The van der Waals surface area contributed by atoms with Crippen LogP contribution in [0.15, 0.2) is 18.2 Å². The third-order valence-electron chi connectivity index (χ3n) is 1.97. The number of hydrogen-bond donors (Lipinski definition) is 2. The van der Waals surface area contributed by atoms with Gasteiger partial charge in [0.1, 0.15) is 18.5 Å². The minimum atomic E-state index is -1.07. The van der Waals surface area contributed by atoms with E-state index in [-0.39, 0.29) is 23.6 Å². The van der Waals surface area contributed by atoms with Crippen LogP contribution in [0.2, 0.25) is 0 Å². The van der Waals surface area contributed by atoms with E-state index in [2.05, 4.69) is 0 Å². The standard InChI is InChI=1S/C10H11NO6/c12-4-7-3-8(11(15)16)1-2-10(7)17-6-9(14)5-13/h1-4,9,13-14H,5-6H2. The molecule has 1 unspecified atom stereocenters. The summed E-state index contributed by atoms with van der Waals surface area (Å²) >= 11 is 0. The highest BCUT2D eigenvalue weighted by Gasteiger charge is 2.12. The molecule has 0 aromatic heterocycles. The lowest BCUT2D eigenvalue weighted by atomic mass is 10.2. The van der Waals surface area contributed by atoms with Gasteiger partial charge in [-0.25, -0.2) is 0 Å². The molecule has 0 saturated carbocycles. The number of benzene rings is 1. The number of rotatable bonds is 6. The number of nitro benzene ring substituents is 1. The van der Waals surface area contributed by atoms with Crippen molar-refractivity contribution in [2.24, 2.45) is 0 Å². The van der Waals surface area contributed by atoms with Gasteiger partial charge in [0.25, 0.3) is 5.69 Å². The molecule has 0 bridgehead atoms. The number of nitro groups is 1. The lowest BCUT2D eigenvalue weighted by Gasteiger charge is -2.11. The molecule has 0 amide bonds. The Morgan fingerprint density at radius 3 is 2.76 bits per heavy atom. The molecule has 1 aromatic rings. The smallest absolute Gasteiger partial charge is 0.270 e. The van der Waals surface area contributed by atoms with Gasteiger partial charge >= 0.3 is 0 Å². The van der Waals surface area contributed by atoms with Gasteiger partial charge in [0.15, 0.2) is 6.29 Å². The van der Waals surface area contributed by atoms with Crippen molar-refractivity contribution in [3.63, 3.8) is 0 Å². The maximum Gasteiger partial charge on any atom is 0.270 e. The van der Waals surface area contributed by atoms with Crippen LogP contribution in [-0.4, -0.2) is 40.7 Å². The number of aliphatic hydroxyl groups is 2. The minimum Gasteiger partial charge on any atom is -0.490 e. The first-order valence-corrected chi connectivity index (χ1v) is 4.73. The SMILES string of the molecule is O=Cc1cc([N+](=O)[O-])ccc1OCC(O)CO. The zero-order valence-electron chi connectivity index (χ0n) is 8.78. The highest BCUT2D eigenvalue weighted by Crippen LogP contribution is 2.22. The monoisotopic (exact) mass is 241 g/mol. The van der Waals surface area contributed by atoms with Crippen LogP contribution in [0, 0.1) is 10.1 Å². The lowest BCUT2D eigenvalue weighted by Crippen LogP contribution is -2.21. The predicted octanol–water partition coefficient (Wildman–Crippen LogP) is 0.139. The fourth-order valence-electron chi connectivity index (χ4n) is 1.11. The summed E-state index contributed by atoms with van der Waals surface area (Å²) in [5.41, 5.74) is -0.202. The molecule has 0 radical (unpaired) electrons. The Morgan fingerprint density at radius 1 is 1.53 bits per heavy atom. The summed E-state index contributed by atoms with van der Waals surface area (Å²) in [6.45, 7) is -0.668. The molecular formula is C10H11NO6. The van der Waals surface area contributed by atoms with Crippen molar-refractivity contribution in [3.8, 4) is 5.75 Å². The Kier molecular flexibility index (Phi) is 4.56. The summed E-state index contributed by atoms with van der Waals surface area (Å²) in [6, 6.07) is 3.54. The van der Waals surface area contributed by atoms with E-state index in [0.717, 1.165) is 6.07 Å². The van der Waals surface area contributed by atoms with Gasteiger partial charge in [-0.05, 0) is 6.07 Å². The van der Waals surface area contributed by atoms with E-state index in [1.54, 1.807) is 0 Å². The van der Waals surface area contributed by atoms with Crippen molar-refractivity contribution in [1.29, 1.82) is 0 Å². The molecule has 0 saturated heterocycles. The van der Waals surface area contributed by atoms with Gasteiger partial charge in [0, 0.05) is 12.1 Å². The molecule has 92 valence electrons. The normalized spacial score (nSPS) is 11.9. The van der Waals surface area contributed by atoms with E-state index in [1.807, 2.05) is 0 Å². The summed E-state index contributed by atoms with van der Waals surface area (Å²) in [5, 5.41) is 28.1. The van der Waals surface area contributed by atoms with E-state index < -0.39 is 17.6 Å². The fraction of sp³-hybridized carbons (Fsp3) is 0.300. The van der Waals surface area contributed by atoms with E-state index >= 15 is 0 Å². The zero-order chi connectivity index (χ0) is 12.8. The van der Waals surface area contributed by atoms with Crippen LogP contribution in [-0.2, 0) is 0 Å². The Morgan fingerprint density at radius 2 is 2.24 bits per heavy atom. The Labute approximate surface area is 96.4 Å². The van der Waals surface area contributed by atoms with Gasteiger partial charge in [0.05, 0.1) is 17.1 Å². The quantitative estimate of drug-likeness (QED) is 0.416. The number of hydrogen-bond acceptors (Lipinski definition) is 6. The minimum absolute atomic E-state index is 0.0179. The van der Waals surface area contributed by atoms with Crippen LogP contribution >= 0.6 is 0 Å². The number of non-ortho nitro benzene ring substituents is 1. The molecule has 1 rings (SSSR count). The second-order valence-corrected chi connectivity index (χ2v) is 3.24. The highest BCUT2D eigenvalue weighted by molar-refractivity contribution is 5.80. The largest absolute Gasteiger partial charge is 0.490 e. The Hall–Kier alpha value is -1.99. The third kappa shape index (κ3) is 3.51. The topological polar surface area (TPSA) is 110 Å². The number of carbonyl (C=O) groups excluding carboxylic acids is 1. The Balaban J connectivity index is 2.85. The number of ether oxygens (including phenoxy) is 1. The first kappa shape index (κ1) is 13.1. The summed E-state index contributed by atoms with van der Waals surface area (Å²) in [6.07, 6.45) is -0.641. The van der Waals surface area contributed by atoms with Gasteiger partial charge in [-0.1, -0.05) is 0 Å². The van der Waals surface area contributed by atoms with Crippen molar-refractivity contribution in [2.75, 3.05) is 13.2 Å². The van der Waals surface area contributed by atoms with Crippen LogP contribution in [0.4, 0.5) is 5.69 Å². The zero-order valence-corrected chi connectivity index (χ0v) is 8.78. The van der Waals surface area contributed by atoms with Crippen LogP contribution in [0.3, 0.4) is 0 Å². The summed E-state index contributed by atoms with van der Waals surface area (Å²) in [5.74, 6) is 0.123. The molecule has 1 atom stereocenters. The van der Waals surface area contributed by atoms with E-state index in [4.69, 9.17) is 14.9 Å². The average molecular weight is 241 g/mol. The van der Waals surface area contributed by atoms with Gasteiger partial charge in [-0.15, -0.1) is 0 Å². The van der Waals surface area contributed by atoms with Gasteiger partial charge in [-0.3, -0.25) is 14.9 Å². The third-order valence-corrected chi connectivity index (χ3v) is 1.97. The first-order valence-electron chi connectivity index (χ1n) is 4.73. The van der Waals surface area contributed by atoms with Crippen molar-refractivity contribution < 1.29 is 24.7 Å². The molecule has 0 fully saturated rings. The van der Waals surface area contributed by atoms with Gasteiger partial charge < -0.3 is 14.9 Å². The van der Waals surface area contributed by atoms with Crippen molar-refractivity contribution in [2.45, 2.75) is 6.10 Å². The van der Waals surface area contributed by atoms with Gasteiger partial charge in [0.2, 0.25) is 0 Å². The fourth-order valence-corrected chi connectivity index (χ4v) is 1.11. The molecular weight excluding hydrogens is 230 g/mol. The molecule has 0 heterocycles. The van der Waals surface area contributed by atoms with E-state index in [9.17, 15) is 14.9 Å². The molecule has 7 heteroatoms.